The van der Waals surface area contributed by atoms with E-state index in [1.54, 1.807) is 12.1 Å². The Morgan fingerprint density at radius 2 is 0.824 bits per heavy atom. The summed E-state index contributed by atoms with van der Waals surface area (Å²) in [6.45, 7) is 0. The van der Waals surface area contributed by atoms with Crippen LogP contribution < -0.4 is 0 Å². The molecule has 0 unspecified atom stereocenters. The highest BCUT2D eigenvalue weighted by atomic mass is 16.3. The molecule has 0 saturated carbocycles. The van der Waals surface area contributed by atoms with E-state index in [-0.39, 0.29) is 5.75 Å². The van der Waals surface area contributed by atoms with Crippen molar-refractivity contribution >= 4 is 54.1 Å². The van der Waals surface area contributed by atoms with Crippen LogP contribution in [-0.2, 0) is 0 Å². The molecular weight excluding hydrogens is 627 g/mol. The molecule has 6 nitrogen and oxygen atoms in total. The molecule has 0 spiro atoms. The fraction of sp³-hybridized carbons (Fsp3) is 0. The number of phenols is 1. The van der Waals surface area contributed by atoms with E-state index in [1.165, 1.54) is 26.9 Å². The monoisotopic (exact) mass is 653 g/mol. The number of aromatic nitrogens is 5. The minimum Gasteiger partial charge on any atom is -0.507 e. The first kappa shape index (κ1) is 28.9. The lowest BCUT2D eigenvalue weighted by atomic mass is 9.93. The van der Waals surface area contributed by atoms with Gasteiger partial charge in [-0.15, -0.1) is 0 Å². The first-order valence-corrected chi connectivity index (χ1v) is 16.8. The van der Waals surface area contributed by atoms with Crippen LogP contribution in [0, 0.1) is 0 Å². The van der Waals surface area contributed by atoms with Crippen LogP contribution >= 0.6 is 0 Å². The van der Waals surface area contributed by atoms with Crippen LogP contribution in [0.2, 0.25) is 0 Å². The van der Waals surface area contributed by atoms with Crippen molar-refractivity contribution in [2.75, 3.05) is 0 Å². The molecule has 0 saturated heterocycles. The Kier molecular flexibility index (Phi) is 6.54. The number of benzene rings is 7. The molecule has 0 aliphatic carbocycles. The summed E-state index contributed by atoms with van der Waals surface area (Å²) in [5.74, 6) is 1.79. The van der Waals surface area contributed by atoms with Crippen LogP contribution in [0.15, 0.2) is 158 Å². The predicted molar refractivity (Wildman–Crippen MR) is 206 cm³/mol. The predicted octanol–water partition coefficient (Wildman–Crippen LogP) is 10.8. The Morgan fingerprint density at radius 3 is 1.49 bits per heavy atom. The Labute approximate surface area is 292 Å². The highest BCUT2D eigenvalue weighted by Crippen LogP contribution is 2.37. The fourth-order valence-electron chi connectivity index (χ4n) is 7.12. The van der Waals surface area contributed by atoms with Crippen molar-refractivity contribution < 1.29 is 5.11 Å². The summed E-state index contributed by atoms with van der Waals surface area (Å²) in [4.78, 5) is 25.2. The van der Waals surface area contributed by atoms with Gasteiger partial charge in [-0.25, -0.2) is 24.9 Å². The van der Waals surface area contributed by atoms with Gasteiger partial charge in [-0.3, -0.25) is 0 Å². The van der Waals surface area contributed by atoms with Gasteiger partial charge in [0.05, 0.1) is 16.7 Å². The topological polar surface area (TPSA) is 84.7 Å². The number of phenolic OH excluding ortho intramolecular Hbond substituents is 1. The molecule has 10 aromatic rings. The van der Waals surface area contributed by atoms with E-state index in [4.69, 9.17) is 24.9 Å². The van der Waals surface area contributed by atoms with Crippen molar-refractivity contribution in [2.45, 2.75) is 0 Å². The third-order valence-corrected chi connectivity index (χ3v) is 9.60. The second-order valence-electron chi connectivity index (χ2n) is 12.6. The zero-order chi connectivity index (χ0) is 33.9. The van der Waals surface area contributed by atoms with Crippen molar-refractivity contribution in [2.24, 2.45) is 0 Å². The number of pyridine rings is 2. The average molecular weight is 654 g/mol. The molecule has 0 amide bonds. The van der Waals surface area contributed by atoms with E-state index >= 15 is 0 Å². The van der Waals surface area contributed by atoms with E-state index < -0.39 is 0 Å². The smallest absolute Gasteiger partial charge is 0.182 e. The van der Waals surface area contributed by atoms with Gasteiger partial charge in [0.2, 0.25) is 0 Å². The molecule has 0 radical (unpaired) electrons. The lowest BCUT2D eigenvalue weighted by molar-refractivity contribution is 0.477. The lowest BCUT2D eigenvalue weighted by Gasteiger charge is -2.12. The molecule has 10 rings (SSSR count). The molecule has 0 atom stereocenters. The van der Waals surface area contributed by atoms with Crippen LogP contribution in [0.25, 0.3) is 99.7 Å². The first-order chi connectivity index (χ1) is 25.2. The zero-order valence-electron chi connectivity index (χ0n) is 27.2. The van der Waals surface area contributed by atoms with Crippen molar-refractivity contribution in [1.29, 1.82) is 0 Å². The third kappa shape index (κ3) is 4.84. The summed E-state index contributed by atoms with van der Waals surface area (Å²) in [6.07, 6.45) is 0. The summed E-state index contributed by atoms with van der Waals surface area (Å²) in [5, 5.41) is 19.6. The molecule has 6 heteroatoms. The average Bonchev–Trinajstić information content (AvgIpc) is 3.20. The first-order valence-electron chi connectivity index (χ1n) is 16.8. The minimum absolute atomic E-state index is 0.180. The highest BCUT2D eigenvalue weighted by molar-refractivity contribution is 6.25. The molecule has 3 heterocycles. The summed E-state index contributed by atoms with van der Waals surface area (Å²) >= 11 is 0. The summed E-state index contributed by atoms with van der Waals surface area (Å²) in [5.41, 5.74) is 5.20. The second kappa shape index (κ2) is 11.5. The zero-order valence-corrected chi connectivity index (χ0v) is 27.2. The second-order valence-corrected chi connectivity index (χ2v) is 12.6. The quantitative estimate of drug-likeness (QED) is 0.190. The number of para-hydroxylation sites is 1. The number of fused-ring (bicyclic) bond motifs is 9. The van der Waals surface area contributed by atoms with Gasteiger partial charge in [0.15, 0.2) is 17.5 Å². The van der Waals surface area contributed by atoms with Crippen LogP contribution in [-0.4, -0.2) is 30.0 Å². The largest absolute Gasteiger partial charge is 0.507 e. The Balaban J connectivity index is 1.19. The maximum atomic E-state index is 10.6. The number of hydrogen-bond donors (Lipinski definition) is 1. The molecule has 1 N–H and O–H groups in total. The SMILES string of the molecule is Oc1ccccc1-c1ccc2ccc3ccc(-c4nc(-c5ccccc5)nc(-c5ccc6c7ccccc7c7ccccc7c6c5)n4)nc3c2n1. The summed E-state index contributed by atoms with van der Waals surface area (Å²) in [7, 11) is 0. The molecular formula is C45H27N5O. The van der Waals surface area contributed by atoms with E-state index in [1.807, 2.05) is 78.9 Å². The van der Waals surface area contributed by atoms with Crippen LogP contribution in [0.4, 0.5) is 0 Å². The molecule has 238 valence electrons. The lowest BCUT2D eigenvalue weighted by Crippen LogP contribution is -2.01. The van der Waals surface area contributed by atoms with Gasteiger partial charge in [-0.1, -0.05) is 127 Å². The maximum absolute atomic E-state index is 10.6. The third-order valence-electron chi connectivity index (χ3n) is 9.60. The number of aromatic hydroxyl groups is 1. The van der Waals surface area contributed by atoms with Gasteiger partial charge >= 0.3 is 0 Å². The van der Waals surface area contributed by atoms with E-state index in [9.17, 15) is 5.11 Å². The molecule has 0 bridgehead atoms. The molecule has 0 aliphatic heterocycles. The number of nitrogens with zero attached hydrogens (tertiary/aromatic N) is 5. The van der Waals surface area contributed by atoms with Crippen molar-refractivity contribution in [3.05, 3.63) is 158 Å². The summed E-state index contributed by atoms with van der Waals surface area (Å²) in [6, 6.07) is 52.8. The molecule has 0 fully saturated rings. The molecule has 7 aromatic carbocycles. The molecule has 0 aliphatic rings. The van der Waals surface area contributed by atoms with Crippen molar-refractivity contribution in [3.63, 3.8) is 0 Å². The van der Waals surface area contributed by atoms with Gasteiger partial charge in [-0.2, -0.15) is 0 Å². The van der Waals surface area contributed by atoms with Crippen LogP contribution in [0.3, 0.4) is 0 Å². The van der Waals surface area contributed by atoms with Gasteiger partial charge in [-0.05, 0) is 62.6 Å². The number of hydrogen-bond acceptors (Lipinski definition) is 6. The number of rotatable bonds is 4. The normalized spacial score (nSPS) is 11.6. The van der Waals surface area contributed by atoms with Gasteiger partial charge < -0.3 is 5.11 Å². The van der Waals surface area contributed by atoms with Gasteiger partial charge in [0.1, 0.15) is 11.4 Å². The molecule has 51 heavy (non-hydrogen) atoms. The van der Waals surface area contributed by atoms with Crippen molar-refractivity contribution in [3.8, 4) is 51.3 Å². The van der Waals surface area contributed by atoms with Gasteiger partial charge in [0.25, 0.3) is 0 Å². The maximum Gasteiger partial charge on any atom is 0.182 e. The summed E-state index contributed by atoms with van der Waals surface area (Å²) < 4.78 is 0. The Hall–Kier alpha value is -7.05. The van der Waals surface area contributed by atoms with Crippen LogP contribution in [0.1, 0.15) is 0 Å². The van der Waals surface area contributed by atoms with Gasteiger partial charge in [0, 0.05) is 27.5 Å². The van der Waals surface area contributed by atoms with Crippen molar-refractivity contribution in [1.82, 2.24) is 24.9 Å². The minimum atomic E-state index is 0.180. The van der Waals surface area contributed by atoms with E-state index in [0.717, 1.165) is 38.3 Å². The van der Waals surface area contributed by atoms with E-state index in [2.05, 4.69) is 66.7 Å². The molecule has 3 aromatic heterocycles. The fourth-order valence-corrected chi connectivity index (χ4v) is 7.12. The highest BCUT2D eigenvalue weighted by Gasteiger charge is 2.17. The standard InChI is InChI=1S/C45H27N5O/c51-40-17-9-8-16-36(40)38-24-21-27-18-19-28-22-25-39(47-42(28)41(27)46-38)45-49-43(29-10-2-1-3-11-29)48-44(50-45)30-20-23-35-33-14-5-4-12-31(33)32-13-6-7-15-34(32)37(35)26-30/h1-26,51H. The Bertz CT molecular complexity index is 2960. The Morgan fingerprint density at radius 1 is 0.333 bits per heavy atom. The van der Waals surface area contributed by atoms with E-state index in [0.29, 0.717) is 34.4 Å². The van der Waals surface area contributed by atoms with Crippen LogP contribution in [0.5, 0.6) is 5.75 Å².